The lowest BCUT2D eigenvalue weighted by molar-refractivity contribution is -0.141. The first-order valence-electron chi connectivity index (χ1n) is 6.31. The number of hydrogen-bond acceptors (Lipinski definition) is 2. The maximum Gasteiger partial charge on any atom is 0.433 e. The van der Waals surface area contributed by atoms with E-state index in [0.29, 0.717) is 18.3 Å². The zero-order chi connectivity index (χ0) is 14.3. The summed E-state index contributed by atoms with van der Waals surface area (Å²) in [5.41, 5.74) is -0.873. The summed E-state index contributed by atoms with van der Waals surface area (Å²) in [5.74, 6) is 1.17. The summed E-state index contributed by atoms with van der Waals surface area (Å²) >= 11 is 5.71. The van der Waals surface area contributed by atoms with Crippen molar-refractivity contribution in [3.8, 4) is 0 Å². The first-order chi connectivity index (χ1) is 8.97. The number of nitrogens with zero attached hydrogens (tertiary/aromatic N) is 1. The van der Waals surface area contributed by atoms with E-state index in [0.717, 1.165) is 25.3 Å². The highest BCUT2D eigenvalue weighted by atomic mass is 35.5. The molecule has 1 heterocycles. The highest BCUT2D eigenvalue weighted by Gasteiger charge is 2.32. The standard InChI is InChI=1S/C13H18ClF3N2/c1-2-4-10(7-8-14)9-18-12-6-3-5-11(19-12)13(15,16)17/h3,5-6,10H,2,4,7-9H2,1H3,(H,18,19). The first-order valence-corrected chi connectivity index (χ1v) is 6.85. The molecule has 0 fully saturated rings. The Balaban J connectivity index is 2.61. The van der Waals surface area contributed by atoms with Crippen LogP contribution in [-0.2, 0) is 6.18 Å². The number of anilines is 1. The van der Waals surface area contributed by atoms with Gasteiger partial charge in [0.1, 0.15) is 11.5 Å². The maximum absolute atomic E-state index is 12.5. The van der Waals surface area contributed by atoms with E-state index < -0.39 is 11.9 Å². The van der Waals surface area contributed by atoms with Crippen molar-refractivity contribution in [3.05, 3.63) is 23.9 Å². The lowest BCUT2D eigenvalue weighted by Gasteiger charge is -2.16. The van der Waals surface area contributed by atoms with Gasteiger partial charge >= 0.3 is 6.18 Å². The van der Waals surface area contributed by atoms with Gasteiger partial charge in [-0.3, -0.25) is 0 Å². The van der Waals surface area contributed by atoms with Gasteiger partial charge in [0.25, 0.3) is 0 Å². The van der Waals surface area contributed by atoms with Gasteiger partial charge < -0.3 is 5.32 Å². The van der Waals surface area contributed by atoms with Crippen molar-refractivity contribution in [2.75, 3.05) is 17.7 Å². The van der Waals surface area contributed by atoms with Crippen LogP contribution in [0, 0.1) is 5.92 Å². The number of pyridine rings is 1. The molecule has 0 aliphatic carbocycles. The molecule has 1 rings (SSSR count). The molecule has 0 saturated heterocycles. The van der Waals surface area contributed by atoms with Gasteiger partial charge in [-0.1, -0.05) is 19.4 Å². The fourth-order valence-corrected chi connectivity index (χ4v) is 2.16. The smallest absolute Gasteiger partial charge is 0.370 e. The average Bonchev–Trinajstić information content (AvgIpc) is 2.36. The quantitative estimate of drug-likeness (QED) is 0.746. The fourth-order valence-electron chi connectivity index (χ4n) is 1.85. The van der Waals surface area contributed by atoms with Crippen LogP contribution in [0.5, 0.6) is 0 Å². The largest absolute Gasteiger partial charge is 0.433 e. The van der Waals surface area contributed by atoms with Crippen LogP contribution in [0.1, 0.15) is 31.9 Å². The lowest BCUT2D eigenvalue weighted by Crippen LogP contribution is -2.17. The molecule has 0 aliphatic heterocycles. The third kappa shape index (κ3) is 5.68. The number of halogens is 4. The molecule has 0 amide bonds. The minimum absolute atomic E-state index is 0.255. The number of alkyl halides is 4. The van der Waals surface area contributed by atoms with E-state index in [1.54, 1.807) is 6.07 Å². The van der Waals surface area contributed by atoms with Crippen LogP contribution in [-0.4, -0.2) is 17.4 Å². The molecule has 6 heteroatoms. The van der Waals surface area contributed by atoms with Crippen molar-refractivity contribution in [1.82, 2.24) is 4.98 Å². The Bertz CT molecular complexity index is 376. The summed E-state index contributed by atoms with van der Waals surface area (Å²) in [6.07, 6.45) is -1.53. The summed E-state index contributed by atoms with van der Waals surface area (Å²) in [6, 6.07) is 3.86. The fraction of sp³-hybridized carbons (Fsp3) is 0.615. The van der Waals surface area contributed by atoms with E-state index in [1.807, 2.05) is 0 Å². The van der Waals surface area contributed by atoms with E-state index in [2.05, 4.69) is 17.2 Å². The predicted molar refractivity (Wildman–Crippen MR) is 71.5 cm³/mol. The molecule has 1 aromatic rings. The molecule has 1 aromatic heterocycles. The Morgan fingerprint density at radius 2 is 2.05 bits per heavy atom. The molecule has 1 N–H and O–H groups in total. The summed E-state index contributed by atoms with van der Waals surface area (Å²) in [5, 5.41) is 2.96. The molecule has 1 atom stereocenters. The van der Waals surface area contributed by atoms with Gasteiger partial charge in [0.2, 0.25) is 0 Å². The van der Waals surface area contributed by atoms with E-state index in [9.17, 15) is 13.2 Å². The highest BCUT2D eigenvalue weighted by Crippen LogP contribution is 2.28. The molecule has 0 aromatic carbocycles. The number of hydrogen-bond donors (Lipinski definition) is 1. The van der Waals surface area contributed by atoms with Crippen LogP contribution in [0.4, 0.5) is 19.0 Å². The van der Waals surface area contributed by atoms with Crippen LogP contribution in [0.2, 0.25) is 0 Å². The van der Waals surface area contributed by atoms with E-state index >= 15 is 0 Å². The third-order valence-corrected chi connectivity index (χ3v) is 3.04. The van der Waals surface area contributed by atoms with E-state index in [1.165, 1.54) is 6.07 Å². The van der Waals surface area contributed by atoms with Gasteiger partial charge in [-0.25, -0.2) is 4.98 Å². The summed E-state index contributed by atoms with van der Waals surface area (Å²) in [4.78, 5) is 3.57. The molecule has 19 heavy (non-hydrogen) atoms. The van der Waals surface area contributed by atoms with Gasteiger partial charge in [0.05, 0.1) is 0 Å². The summed E-state index contributed by atoms with van der Waals surface area (Å²) in [6.45, 7) is 2.67. The zero-order valence-electron chi connectivity index (χ0n) is 10.8. The maximum atomic E-state index is 12.5. The van der Waals surface area contributed by atoms with Crippen molar-refractivity contribution >= 4 is 17.4 Å². The molecular weight excluding hydrogens is 277 g/mol. The Kier molecular flexibility index (Phi) is 6.42. The predicted octanol–water partition coefficient (Wildman–Crippen LogP) is 4.56. The van der Waals surface area contributed by atoms with Crippen molar-refractivity contribution in [2.24, 2.45) is 5.92 Å². The lowest BCUT2D eigenvalue weighted by atomic mass is 10.0. The second-order valence-electron chi connectivity index (χ2n) is 4.42. The van der Waals surface area contributed by atoms with Gasteiger partial charge in [-0.15, -0.1) is 11.6 Å². The summed E-state index contributed by atoms with van der Waals surface area (Å²) < 4.78 is 37.5. The molecule has 2 nitrogen and oxygen atoms in total. The van der Waals surface area contributed by atoms with Gasteiger partial charge in [-0.2, -0.15) is 13.2 Å². The topological polar surface area (TPSA) is 24.9 Å². The minimum atomic E-state index is -4.41. The van der Waals surface area contributed by atoms with E-state index in [4.69, 9.17) is 11.6 Å². The molecular formula is C13H18ClF3N2. The number of aromatic nitrogens is 1. The summed E-state index contributed by atoms with van der Waals surface area (Å²) in [7, 11) is 0. The molecule has 0 radical (unpaired) electrons. The molecule has 0 saturated carbocycles. The second kappa shape index (κ2) is 7.58. The Labute approximate surface area is 116 Å². The Hall–Kier alpha value is -0.970. The van der Waals surface area contributed by atoms with Crippen LogP contribution in [0.3, 0.4) is 0 Å². The molecule has 0 bridgehead atoms. The van der Waals surface area contributed by atoms with Gasteiger partial charge in [-0.05, 0) is 30.9 Å². The number of rotatable bonds is 7. The Morgan fingerprint density at radius 3 is 2.63 bits per heavy atom. The molecule has 108 valence electrons. The van der Waals surface area contributed by atoms with Crippen molar-refractivity contribution < 1.29 is 13.2 Å². The SMILES string of the molecule is CCCC(CCCl)CNc1cccc(C(F)(F)F)n1. The third-order valence-electron chi connectivity index (χ3n) is 2.83. The van der Waals surface area contributed by atoms with Gasteiger partial charge in [0.15, 0.2) is 0 Å². The highest BCUT2D eigenvalue weighted by molar-refractivity contribution is 6.17. The average molecular weight is 295 g/mol. The normalized spacial score (nSPS) is 13.3. The molecule has 0 aliphatic rings. The zero-order valence-corrected chi connectivity index (χ0v) is 11.6. The van der Waals surface area contributed by atoms with Crippen molar-refractivity contribution in [1.29, 1.82) is 0 Å². The first kappa shape index (κ1) is 16.1. The molecule has 0 spiro atoms. The molecule has 1 unspecified atom stereocenters. The van der Waals surface area contributed by atoms with Crippen LogP contribution in [0.25, 0.3) is 0 Å². The van der Waals surface area contributed by atoms with Crippen molar-refractivity contribution in [3.63, 3.8) is 0 Å². The van der Waals surface area contributed by atoms with Crippen LogP contribution >= 0.6 is 11.6 Å². The van der Waals surface area contributed by atoms with Crippen LogP contribution in [0.15, 0.2) is 18.2 Å². The van der Waals surface area contributed by atoms with Gasteiger partial charge in [0, 0.05) is 12.4 Å². The monoisotopic (exact) mass is 294 g/mol. The van der Waals surface area contributed by atoms with Crippen LogP contribution < -0.4 is 5.32 Å². The van der Waals surface area contributed by atoms with E-state index in [-0.39, 0.29) is 5.82 Å². The Morgan fingerprint density at radius 1 is 1.32 bits per heavy atom. The second-order valence-corrected chi connectivity index (χ2v) is 4.80. The van der Waals surface area contributed by atoms with Crippen molar-refractivity contribution in [2.45, 2.75) is 32.4 Å². The number of nitrogens with one attached hydrogen (secondary N) is 1. The minimum Gasteiger partial charge on any atom is -0.370 e.